The van der Waals surface area contributed by atoms with E-state index in [1.807, 2.05) is 6.92 Å². The number of benzene rings is 1. The molecular weight excluding hydrogens is 498 g/mol. The number of guanidine groups is 1. The highest BCUT2D eigenvalue weighted by Gasteiger charge is 2.34. The van der Waals surface area contributed by atoms with Gasteiger partial charge in [-0.05, 0) is 62.4 Å². The van der Waals surface area contributed by atoms with E-state index in [9.17, 15) is 5.11 Å². The molecule has 2 atom stereocenters. The van der Waals surface area contributed by atoms with Crippen molar-refractivity contribution < 1.29 is 5.11 Å². The van der Waals surface area contributed by atoms with Gasteiger partial charge in [-0.25, -0.2) is 0 Å². The first-order valence-electron chi connectivity index (χ1n) is 9.45. The predicted octanol–water partition coefficient (Wildman–Crippen LogP) is 3.68. The summed E-state index contributed by atoms with van der Waals surface area (Å²) in [5.74, 6) is 1.40. The lowest BCUT2D eigenvalue weighted by atomic mass is 10.1. The molecule has 1 saturated heterocycles. The lowest BCUT2D eigenvalue weighted by molar-refractivity contribution is 0.187. The SMILES string of the molecule is CCNC(=NCC(O)c1cc(Cl)cc(Cl)c1)NCC1CCN(C2CC2)C1.I. The summed E-state index contributed by atoms with van der Waals surface area (Å²) < 4.78 is 0. The molecule has 1 aromatic carbocycles. The van der Waals surface area contributed by atoms with Gasteiger partial charge >= 0.3 is 0 Å². The van der Waals surface area contributed by atoms with E-state index in [2.05, 4.69) is 20.5 Å². The van der Waals surface area contributed by atoms with Crippen molar-refractivity contribution in [1.82, 2.24) is 15.5 Å². The topological polar surface area (TPSA) is 59.9 Å². The number of halogens is 3. The molecule has 27 heavy (non-hydrogen) atoms. The van der Waals surface area contributed by atoms with Gasteiger partial charge in [0.2, 0.25) is 0 Å². The van der Waals surface area contributed by atoms with Crippen molar-refractivity contribution in [2.75, 3.05) is 32.7 Å². The van der Waals surface area contributed by atoms with E-state index in [4.69, 9.17) is 23.2 Å². The minimum atomic E-state index is -0.738. The zero-order valence-electron chi connectivity index (χ0n) is 15.6. The summed E-state index contributed by atoms with van der Waals surface area (Å²) in [5.41, 5.74) is 0.679. The van der Waals surface area contributed by atoms with Gasteiger partial charge < -0.3 is 20.6 Å². The van der Waals surface area contributed by atoms with Crippen LogP contribution in [-0.4, -0.2) is 54.7 Å². The van der Waals surface area contributed by atoms with E-state index in [1.165, 1.54) is 32.4 Å². The summed E-state index contributed by atoms with van der Waals surface area (Å²) in [7, 11) is 0. The summed E-state index contributed by atoms with van der Waals surface area (Å²) in [6.45, 7) is 6.39. The van der Waals surface area contributed by atoms with Crippen LogP contribution < -0.4 is 10.6 Å². The van der Waals surface area contributed by atoms with Crippen LogP contribution in [0.25, 0.3) is 0 Å². The predicted molar refractivity (Wildman–Crippen MR) is 124 cm³/mol. The Hall–Kier alpha value is -0.280. The third-order valence-corrected chi connectivity index (χ3v) is 5.41. The molecule has 0 spiro atoms. The first-order valence-corrected chi connectivity index (χ1v) is 10.2. The van der Waals surface area contributed by atoms with Crippen LogP contribution in [0.4, 0.5) is 0 Å². The lowest BCUT2D eigenvalue weighted by Gasteiger charge is -2.17. The van der Waals surface area contributed by atoms with Crippen LogP contribution >= 0.6 is 47.2 Å². The van der Waals surface area contributed by atoms with E-state index in [-0.39, 0.29) is 30.5 Å². The van der Waals surface area contributed by atoms with E-state index in [0.29, 0.717) is 21.5 Å². The molecule has 1 heterocycles. The smallest absolute Gasteiger partial charge is 0.191 e. The Kier molecular flexibility index (Phi) is 9.41. The van der Waals surface area contributed by atoms with Gasteiger partial charge in [-0.3, -0.25) is 4.99 Å². The third-order valence-electron chi connectivity index (χ3n) is 4.97. The second kappa shape index (κ2) is 11.0. The first kappa shape index (κ1) is 23.0. The van der Waals surface area contributed by atoms with Crippen LogP contribution in [-0.2, 0) is 0 Å². The summed E-state index contributed by atoms with van der Waals surface area (Å²) in [5, 5.41) is 18.1. The molecule has 2 fully saturated rings. The molecule has 1 aliphatic heterocycles. The summed E-state index contributed by atoms with van der Waals surface area (Å²) in [6.07, 6.45) is 3.25. The number of aliphatic imine (C=N–C) groups is 1. The molecular formula is C19H29Cl2IN4O. The van der Waals surface area contributed by atoms with Gasteiger partial charge in [-0.15, -0.1) is 24.0 Å². The normalized spacial score (nSPS) is 21.6. The van der Waals surface area contributed by atoms with Crippen LogP contribution in [0, 0.1) is 5.92 Å². The van der Waals surface area contributed by atoms with E-state index < -0.39 is 6.10 Å². The molecule has 0 aromatic heterocycles. The maximum Gasteiger partial charge on any atom is 0.191 e. The number of hydrogen-bond acceptors (Lipinski definition) is 3. The van der Waals surface area contributed by atoms with Gasteiger partial charge in [0.15, 0.2) is 5.96 Å². The Bertz CT molecular complexity index is 622. The molecule has 3 rings (SSSR count). The number of rotatable bonds is 7. The molecule has 2 aliphatic rings. The van der Waals surface area contributed by atoms with Crippen molar-refractivity contribution in [3.05, 3.63) is 33.8 Å². The number of nitrogens with zero attached hydrogens (tertiary/aromatic N) is 2. The standard InChI is InChI=1S/C19H28Cl2N4O.HI/c1-2-22-19(23-10-13-5-6-25(12-13)17-3-4-17)24-11-18(26)14-7-15(20)9-16(21)8-14;/h7-9,13,17-18,26H,2-6,10-12H2,1H3,(H2,22,23,24);1H. The number of likely N-dealkylation sites (tertiary alicyclic amines) is 1. The maximum absolute atomic E-state index is 10.4. The molecule has 1 aliphatic carbocycles. The Morgan fingerprint density at radius 2 is 1.93 bits per heavy atom. The fraction of sp³-hybridized carbons (Fsp3) is 0.632. The number of nitrogens with one attached hydrogen (secondary N) is 2. The minimum absolute atomic E-state index is 0. The zero-order valence-corrected chi connectivity index (χ0v) is 19.5. The Labute approximate surface area is 188 Å². The Balaban J connectivity index is 0.00000261. The average molecular weight is 527 g/mol. The quantitative estimate of drug-likeness (QED) is 0.288. The fourth-order valence-electron chi connectivity index (χ4n) is 3.43. The second-order valence-corrected chi connectivity index (χ2v) is 8.07. The summed E-state index contributed by atoms with van der Waals surface area (Å²) in [6, 6.07) is 5.94. The van der Waals surface area contributed by atoms with Crippen LogP contribution in [0.15, 0.2) is 23.2 Å². The molecule has 8 heteroatoms. The Morgan fingerprint density at radius 3 is 2.56 bits per heavy atom. The van der Waals surface area contributed by atoms with Crippen LogP contribution in [0.1, 0.15) is 37.9 Å². The van der Waals surface area contributed by atoms with E-state index >= 15 is 0 Å². The van der Waals surface area contributed by atoms with Crippen molar-refractivity contribution >= 4 is 53.1 Å². The highest BCUT2D eigenvalue weighted by molar-refractivity contribution is 14.0. The zero-order chi connectivity index (χ0) is 18.5. The highest BCUT2D eigenvalue weighted by Crippen LogP contribution is 2.31. The lowest BCUT2D eigenvalue weighted by Crippen LogP contribution is -2.40. The van der Waals surface area contributed by atoms with Gasteiger partial charge in [0.1, 0.15) is 0 Å². The minimum Gasteiger partial charge on any atom is -0.386 e. The molecule has 0 bridgehead atoms. The first-order chi connectivity index (χ1) is 12.5. The molecule has 1 aromatic rings. The summed E-state index contributed by atoms with van der Waals surface area (Å²) in [4.78, 5) is 7.14. The largest absolute Gasteiger partial charge is 0.386 e. The third kappa shape index (κ3) is 7.24. The molecule has 5 nitrogen and oxygen atoms in total. The van der Waals surface area contributed by atoms with Crippen LogP contribution in [0.5, 0.6) is 0 Å². The van der Waals surface area contributed by atoms with E-state index in [0.717, 1.165) is 25.1 Å². The Morgan fingerprint density at radius 1 is 1.22 bits per heavy atom. The molecule has 2 unspecified atom stereocenters. The van der Waals surface area contributed by atoms with Gasteiger partial charge in [0, 0.05) is 35.7 Å². The molecule has 0 radical (unpaired) electrons. The van der Waals surface area contributed by atoms with Crippen molar-refractivity contribution in [3.63, 3.8) is 0 Å². The second-order valence-electron chi connectivity index (χ2n) is 7.20. The molecule has 1 saturated carbocycles. The van der Waals surface area contributed by atoms with Gasteiger partial charge in [0.05, 0.1) is 12.6 Å². The van der Waals surface area contributed by atoms with Crippen molar-refractivity contribution in [2.24, 2.45) is 10.9 Å². The van der Waals surface area contributed by atoms with Crippen molar-refractivity contribution in [2.45, 2.75) is 38.3 Å². The number of aliphatic hydroxyl groups excluding tert-OH is 1. The molecule has 0 amide bonds. The average Bonchev–Trinajstić information content (AvgIpc) is 3.35. The highest BCUT2D eigenvalue weighted by atomic mass is 127. The molecule has 3 N–H and O–H groups in total. The van der Waals surface area contributed by atoms with E-state index in [1.54, 1.807) is 18.2 Å². The van der Waals surface area contributed by atoms with Crippen LogP contribution in [0.3, 0.4) is 0 Å². The van der Waals surface area contributed by atoms with Crippen molar-refractivity contribution in [3.8, 4) is 0 Å². The number of hydrogen-bond donors (Lipinski definition) is 3. The maximum atomic E-state index is 10.4. The molecule has 152 valence electrons. The van der Waals surface area contributed by atoms with Gasteiger partial charge in [-0.1, -0.05) is 23.2 Å². The van der Waals surface area contributed by atoms with Crippen LogP contribution in [0.2, 0.25) is 10.0 Å². The number of aliphatic hydroxyl groups is 1. The van der Waals surface area contributed by atoms with Gasteiger partial charge in [0.25, 0.3) is 0 Å². The monoisotopic (exact) mass is 526 g/mol. The fourth-order valence-corrected chi connectivity index (χ4v) is 3.98. The van der Waals surface area contributed by atoms with Crippen molar-refractivity contribution in [1.29, 1.82) is 0 Å². The van der Waals surface area contributed by atoms with Gasteiger partial charge in [-0.2, -0.15) is 0 Å². The summed E-state index contributed by atoms with van der Waals surface area (Å²) >= 11 is 12.0.